The van der Waals surface area contributed by atoms with E-state index in [1.807, 2.05) is 6.92 Å². The normalized spacial score (nSPS) is 12.6. The summed E-state index contributed by atoms with van der Waals surface area (Å²) in [6.07, 6.45) is 3.34. The Bertz CT molecular complexity index is 366. The number of aromatic nitrogens is 2. The van der Waals surface area contributed by atoms with Crippen molar-refractivity contribution in [2.45, 2.75) is 46.6 Å². The molecular formula is C13H23FN4. The van der Waals surface area contributed by atoms with Crippen LogP contribution in [0.4, 0.5) is 16.2 Å². The first kappa shape index (κ1) is 14.7. The maximum atomic E-state index is 13.6. The highest BCUT2D eigenvalue weighted by Gasteiger charge is 2.16. The second kappa shape index (κ2) is 7.13. The molecule has 1 rings (SSSR count). The second-order valence-electron chi connectivity index (χ2n) is 4.43. The minimum atomic E-state index is -0.408. The minimum absolute atomic E-state index is 0.193. The van der Waals surface area contributed by atoms with Crippen LogP contribution in [0.2, 0.25) is 0 Å². The molecule has 0 saturated carbocycles. The molecule has 0 radical (unpaired) electrons. The predicted octanol–water partition coefficient (Wildman–Crippen LogP) is 3.28. The van der Waals surface area contributed by atoms with Crippen molar-refractivity contribution < 1.29 is 4.39 Å². The van der Waals surface area contributed by atoms with Crippen LogP contribution in [0.25, 0.3) is 0 Å². The Balaban J connectivity index is 2.79. The fourth-order valence-corrected chi connectivity index (χ4v) is 2.04. The smallest absolute Gasteiger partial charge is 0.224 e. The van der Waals surface area contributed by atoms with Crippen molar-refractivity contribution >= 4 is 11.8 Å². The van der Waals surface area contributed by atoms with E-state index in [0.29, 0.717) is 18.4 Å². The van der Waals surface area contributed by atoms with Gasteiger partial charge < -0.3 is 10.6 Å². The van der Waals surface area contributed by atoms with Crippen molar-refractivity contribution in [1.29, 1.82) is 0 Å². The summed E-state index contributed by atoms with van der Waals surface area (Å²) < 4.78 is 13.6. The molecule has 5 heteroatoms. The van der Waals surface area contributed by atoms with Gasteiger partial charge in [0.05, 0.1) is 6.20 Å². The highest BCUT2D eigenvalue weighted by Crippen LogP contribution is 2.19. The molecule has 0 bridgehead atoms. The Hall–Kier alpha value is -1.39. The van der Waals surface area contributed by atoms with Crippen LogP contribution in [0, 0.1) is 11.7 Å². The molecule has 0 aliphatic rings. The summed E-state index contributed by atoms with van der Waals surface area (Å²) in [6, 6.07) is 0.193. The van der Waals surface area contributed by atoms with Crippen molar-refractivity contribution in [3.8, 4) is 0 Å². The lowest BCUT2D eigenvalue weighted by atomic mass is 9.95. The molecular weight excluding hydrogens is 231 g/mol. The summed E-state index contributed by atoms with van der Waals surface area (Å²) in [5.41, 5.74) is 0. The first-order valence-corrected chi connectivity index (χ1v) is 6.65. The maximum absolute atomic E-state index is 13.6. The molecule has 1 unspecified atom stereocenters. The van der Waals surface area contributed by atoms with Gasteiger partial charge in [-0.15, -0.1) is 0 Å². The highest BCUT2D eigenvalue weighted by molar-refractivity contribution is 5.41. The predicted molar refractivity (Wildman–Crippen MR) is 73.3 cm³/mol. The summed E-state index contributed by atoms with van der Waals surface area (Å²) in [7, 11) is 0. The molecule has 0 spiro atoms. The Morgan fingerprint density at radius 3 is 2.50 bits per heavy atom. The Labute approximate surface area is 108 Å². The van der Waals surface area contributed by atoms with E-state index in [4.69, 9.17) is 0 Å². The van der Waals surface area contributed by atoms with Gasteiger partial charge in [-0.05, 0) is 19.8 Å². The van der Waals surface area contributed by atoms with Crippen LogP contribution in [0.1, 0.15) is 40.5 Å². The molecule has 0 aromatic carbocycles. The van der Waals surface area contributed by atoms with Gasteiger partial charge in [0.15, 0.2) is 11.6 Å². The molecule has 102 valence electrons. The van der Waals surface area contributed by atoms with Gasteiger partial charge in [-0.25, -0.2) is 9.37 Å². The number of nitrogens with zero attached hydrogens (tertiary/aromatic N) is 2. The summed E-state index contributed by atoms with van der Waals surface area (Å²) >= 11 is 0. The van der Waals surface area contributed by atoms with Gasteiger partial charge in [0.25, 0.3) is 0 Å². The standard InChI is InChI=1S/C13H23FN4/c1-5-10(6-2)9(4)17-12-11(14)8-16-13(18-12)15-7-3/h8-10H,5-7H2,1-4H3,(H2,15,16,17,18). The van der Waals surface area contributed by atoms with Crippen molar-refractivity contribution in [2.75, 3.05) is 17.2 Å². The third-order valence-electron chi connectivity index (χ3n) is 3.20. The molecule has 0 fully saturated rings. The Kier molecular flexibility index (Phi) is 5.82. The largest absolute Gasteiger partial charge is 0.365 e. The lowest BCUT2D eigenvalue weighted by Gasteiger charge is -2.23. The van der Waals surface area contributed by atoms with Gasteiger partial charge in [-0.2, -0.15) is 4.98 Å². The molecule has 1 atom stereocenters. The molecule has 4 nitrogen and oxygen atoms in total. The number of anilines is 2. The molecule has 2 N–H and O–H groups in total. The van der Waals surface area contributed by atoms with Gasteiger partial charge in [0.1, 0.15) is 0 Å². The van der Waals surface area contributed by atoms with E-state index in [2.05, 4.69) is 41.4 Å². The zero-order chi connectivity index (χ0) is 13.5. The van der Waals surface area contributed by atoms with Crippen LogP contribution in [-0.4, -0.2) is 22.6 Å². The maximum Gasteiger partial charge on any atom is 0.224 e. The van der Waals surface area contributed by atoms with Crippen molar-refractivity contribution in [3.05, 3.63) is 12.0 Å². The van der Waals surface area contributed by atoms with E-state index in [9.17, 15) is 4.39 Å². The summed E-state index contributed by atoms with van der Waals surface area (Å²) in [4.78, 5) is 8.03. The lowest BCUT2D eigenvalue weighted by molar-refractivity contribution is 0.435. The monoisotopic (exact) mass is 254 g/mol. The summed E-state index contributed by atoms with van der Waals surface area (Å²) in [5, 5.41) is 6.12. The van der Waals surface area contributed by atoms with E-state index >= 15 is 0 Å². The fourth-order valence-electron chi connectivity index (χ4n) is 2.04. The Morgan fingerprint density at radius 2 is 1.94 bits per heavy atom. The summed E-state index contributed by atoms with van der Waals surface area (Å²) in [6.45, 7) is 9.02. The molecule has 0 saturated heterocycles. The van der Waals surface area contributed by atoms with Crippen molar-refractivity contribution in [2.24, 2.45) is 5.92 Å². The van der Waals surface area contributed by atoms with Crippen LogP contribution in [0.15, 0.2) is 6.20 Å². The van der Waals surface area contributed by atoms with Gasteiger partial charge in [0.2, 0.25) is 5.95 Å². The lowest BCUT2D eigenvalue weighted by Crippen LogP contribution is -2.26. The highest BCUT2D eigenvalue weighted by atomic mass is 19.1. The molecule has 1 aromatic heterocycles. The molecule has 0 aliphatic carbocycles. The molecule has 1 aromatic rings. The average Bonchev–Trinajstić information content (AvgIpc) is 2.35. The van der Waals surface area contributed by atoms with Crippen LogP contribution in [0.3, 0.4) is 0 Å². The zero-order valence-electron chi connectivity index (χ0n) is 11.6. The van der Waals surface area contributed by atoms with Gasteiger partial charge in [-0.3, -0.25) is 0 Å². The third-order valence-corrected chi connectivity index (χ3v) is 3.20. The molecule has 0 aliphatic heterocycles. The average molecular weight is 254 g/mol. The SMILES string of the molecule is CCNc1ncc(F)c(NC(C)C(CC)CC)n1. The van der Waals surface area contributed by atoms with Crippen LogP contribution < -0.4 is 10.6 Å². The van der Waals surface area contributed by atoms with Crippen LogP contribution in [-0.2, 0) is 0 Å². The van der Waals surface area contributed by atoms with E-state index in [1.54, 1.807) is 0 Å². The van der Waals surface area contributed by atoms with E-state index in [-0.39, 0.29) is 11.9 Å². The topological polar surface area (TPSA) is 49.8 Å². The number of rotatable bonds is 7. The molecule has 1 heterocycles. The number of hydrogen-bond donors (Lipinski definition) is 2. The van der Waals surface area contributed by atoms with Gasteiger partial charge in [-0.1, -0.05) is 26.7 Å². The number of nitrogens with one attached hydrogen (secondary N) is 2. The zero-order valence-corrected chi connectivity index (χ0v) is 11.6. The number of halogens is 1. The third kappa shape index (κ3) is 3.82. The Morgan fingerprint density at radius 1 is 1.28 bits per heavy atom. The van der Waals surface area contributed by atoms with E-state index < -0.39 is 5.82 Å². The van der Waals surface area contributed by atoms with Gasteiger partial charge in [0, 0.05) is 12.6 Å². The van der Waals surface area contributed by atoms with E-state index in [0.717, 1.165) is 12.8 Å². The molecule has 18 heavy (non-hydrogen) atoms. The second-order valence-corrected chi connectivity index (χ2v) is 4.43. The minimum Gasteiger partial charge on any atom is -0.365 e. The first-order valence-electron chi connectivity index (χ1n) is 6.65. The fraction of sp³-hybridized carbons (Fsp3) is 0.692. The number of hydrogen-bond acceptors (Lipinski definition) is 4. The first-order chi connectivity index (χ1) is 8.62. The van der Waals surface area contributed by atoms with Gasteiger partial charge >= 0.3 is 0 Å². The van der Waals surface area contributed by atoms with Crippen molar-refractivity contribution in [3.63, 3.8) is 0 Å². The quantitative estimate of drug-likeness (QED) is 0.784. The van der Waals surface area contributed by atoms with Crippen LogP contribution >= 0.6 is 0 Å². The van der Waals surface area contributed by atoms with E-state index in [1.165, 1.54) is 6.20 Å². The van der Waals surface area contributed by atoms with Crippen molar-refractivity contribution in [1.82, 2.24) is 9.97 Å². The molecule has 0 amide bonds. The summed E-state index contributed by atoms with van der Waals surface area (Å²) in [5.74, 6) is 0.843. The van der Waals surface area contributed by atoms with Crippen LogP contribution in [0.5, 0.6) is 0 Å².